The molecule has 1 saturated carbocycles. The van der Waals surface area contributed by atoms with E-state index in [0.29, 0.717) is 35.7 Å². The average Bonchev–Trinajstić information content (AvgIpc) is 2.94. The number of anilines is 2. The lowest BCUT2D eigenvalue weighted by Gasteiger charge is -2.39. The Morgan fingerprint density at radius 2 is 1.67 bits per heavy atom. The van der Waals surface area contributed by atoms with Gasteiger partial charge < -0.3 is 14.7 Å². The number of rotatable bonds is 5. The maximum Gasteiger partial charge on any atom is 0.573 e. The van der Waals surface area contributed by atoms with Crippen LogP contribution in [-0.4, -0.2) is 37.7 Å². The molecule has 2 atom stereocenters. The minimum absolute atomic E-state index is 0.119. The van der Waals surface area contributed by atoms with Crippen molar-refractivity contribution in [2.75, 3.05) is 11.4 Å². The Morgan fingerprint density at radius 3 is 2.31 bits per heavy atom. The van der Waals surface area contributed by atoms with E-state index in [0.717, 1.165) is 43.5 Å². The van der Waals surface area contributed by atoms with Crippen LogP contribution in [0.3, 0.4) is 0 Å². The van der Waals surface area contributed by atoms with Crippen molar-refractivity contribution in [2.24, 2.45) is 11.8 Å². The number of benzene rings is 3. The first-order valence-corrected chi connectivity index (χ1v) is 15.7. The SMILES string of the molecule is Cc1cc2c(cc1-c1ccc(OC(F)(F)F)c(C(=O)O)c1)S(=O)(=O)C(C)C[C@H](C1CCCCC1)CN2c1ccccc1. The number of alkyl halides is 3. The van der Waals surface area contributed by atoms with Crippen molar-refractivity contribution in [3.05, 3.63) is 71.8 Å². The summed E-state index contributed by atoms with van der Waals surface area (Å²) in [6, 6.07) is 16.4. The van der Waals surface area contributed by atoms with Crippen LogP contribution in [0.1, 0.15) is 61.4 Å². The third-order valence-corrected chi connectivity index (χ3v) is 10.8. The smallest absolute Gasteiger partial charge is 0.478 e. The monoisotopic (exact) mass is 601 g/mol. The van der Waals surface area contributed by atoms with Crippen LogP contribution in [0.5, 0.6) is 5.75 Å². The van der Waals surface area contributed by atoms with E-state index in [1.54, 1.807) is 26.0 Å². The molecule has 3 aromatic rings. The van der Waals surface area contributed by atoms with Gasteiger partial charge >= 0.3 is 12.3 Å². The molecule has 0 bridgehead atoms. The van der Waals surface area contributed by atoms with E-state index < -0.39 is 38.7 Å². The third kappa shape index (κ3) is 6.14. The molecule has 6 nitrogen and oxygen atoms in total. The van der Waals surface area contributed by atoms with Crippen LogP contribution < -0.4 is 9.64 Å². The minimum Gasteiger partial charge on any atom is -0.478 e. The summed E-state index contributed by atoms with van der Waals surface area (Å²) >= 11 is 0. The number of halogens is 3. The van der Waals surface area contributed by atoms with Gasteiger partial charge in [-0.1, -0.05) is 56.4 Å². The number of para-hydroxylation sites is 1. The number of sulfone groups is 1. The van der Waals surface area contributed by atoms with E-state index in [9.17, 15) is 31.5 Å². The molecule has 42 heavy (non-hydrogen) atoms. The van der Waals surface area contributed by atoms with Crippen LogP contribution in [0.25, 0.3) is 11.1 Å². The number of ether oxygens (including phenoxy) is 1. The molecule has 1 N–H and O–H groups in total. The van der Waals surface area contributed by atoms with E-state index in [1.807, 2.05) is 30.3 Å². The molecule has 0 radical (unpaired) electrons. The number of aromatic carboxylic acids is 1. The summed E-state index contributed by atoms with van der Waals surface area (Å²) in [6.07, 6.45) is 1.14. The summed E-state index contributed by atoms with van der Waals surface area (Å²) in [5.74, 6) is -1.81. The predicted molar refractivity (Wildman–Crippen MR) is 155 cm³/mol. The Kier molecular flexibility index (Phi) is 8.29. The Balaban J connectivity index is 1.67. The van der Waals surface area contributed by atoms with E-state index in [2.05, 4.69) is 9.64 Å². The van der Waals surface area contributed by atoms with Gasteiger partial charge in [0.15, 0.2) is 9.84 Å². The molecular formula is C32H34F3NO5S. The lowest BCUT2D eigenvalue weighted by molar-refractivity contribution is -0.274. The zero-order valence-corrected chi connectivity index (χ0v) is 24.3. The highest BCUT2D eigenvalue weighted by Crippen LogP contribution is 2.44. The van der Waals surface area contributed by atoms with E-state index >= 15 is 0 Å². The average molecular weight is 602 g/mol. The summed E-state index contributed by atoms with van der Waals surface area (Å²) in [5, 5.41) is 8.98. The first-order valence-electron chi connectivity index (χ1n) is 14.2. The van der Waals surface area contributed by atoms with Gasteiger partial charge in [0.05, 0.1) is 15.8 Å². The summed E-state index contributed by atoms with van der Waals surface area (Å²) in [4.78, 5) is 14.1. The number of aryl methyl sites for hydroxylation is 1. The number of hydrogen-bond donors (Lipinski definition) is 1. The molecule has 1 aliphatic heterocycles. The summed E-state index contributed by atoms with van der Waals surface area (Å²) in [5.41, 5.74) is 2.10. The standard InChI is InChI=1S/C32H34F3NO5S/c1-20-15-28-30(18-26(20)23-13-14-29(41-32(33,34)35)27(17-23)31(37)38)42(39,40)21(2)16-24(22-9-5-3-6-10-22)19-36(28)25-11-7-4-8-12-25/h4,7-8,11-15,17-18,21-22,24H,3,5-6,9-10,16,19H2,1-2H3,(H,37,38)/t21?,24-/m0/s1. The van der Waals surface area contributed by atoms with Crippen molar-refractivity contribution in [3.63, 3.8) is 0 Å². The Morgan fingerprint density at radius 1 is 0.976 bits per heavy atom. The first kappa shape index (κ1) is 29.9. The molecule has 2 aliphatic rings. The lowest BCUT2D eigenvalue weighted by atomic mass is 9.77. The molecule has 10 heteroatoms. The fourth-order valence-electron chi connectivity index (χ4n) is 6.48. The van der Waals surface area contributed by atoms with Gasteiger partial charge in [0, 0.05) is 12.2 Å². The molecule has 1 fully saturated rings. The highest BCUT2D eigenvalue weighted by Gasteiger charge is 2.38. The zero-order chi connectivity index (χ0) is 30.2. The maximum atomic E-state index is 14.2. The number of fused-ring (bicyclic) bond motifs is 1. The van der Waals surface area contributed by atoms with Gasteiger partial charge in [-0.3, -0.25) is 0 Å². The van der Waals surface area contributed by atoms with Crippen molar-refractivity contribution >= 4 is 27.2 Å². The minimum atomic E-state index is -5.06. The summed E-state index contributed by atoms with van der Waals surface area (Å²) in [6.45, 7) is 4.19. The van der Waals surface area contributed by atoms with Gasteiger partial charge in [-0.15, -0.1) is 13.2 Å². The maximum absolute atomic E-state index is 14.2. The van der Waals surface area contributed by atoms with Crippen LogP contribution in [0.15, 0.2) is 65.6 Å². The van der Waals surface area contributed by atoms with Gasteiger partial charge in [0.1, 0.15) is 11.3 Å². The predicted octanol–water partition coefficient (Wildman–Crippen LogP) is 8.16. The van der Waals surface area contributed by atoms with Crippen LogP contribution in [-0.2, 0) is 9.84 Å². The fraction of sp³-hybridized carbons (Fsp3) is 0.406. The van der Waals surface area contributed by atoms with Crippen LogP contribution >= 0.6 is 0 Å². The van der Waals surface area contributed by atoms with Crippen LogP contribution in [0.2, 0.25) is 0 Å². The number of carbonyl (C=O) groups is 1. The van der Waals surface area contributed by atoms with Crippen molar-refractivity contribution in [1.29, 1.82) is 0 Å². The van der Waals surface area contributed by atoms with Gasteiger partial charge in [0.2, 0.25) is 0 Å². The topological polar surface area (TPSA) is 83.9 Å². The molecule has 5 rings (SSSR count). The Labute approximate surface area is 244 Å². The normalized spacial score (nSPS) is 21.2. The van der Waals surface area contributed by atoms with Gasteiger partial charge in [0.25, 0.3) is 0 Å². The second kappa shape index (κ2) is 11.6. The van der Waals surface area contributed by atoms with Gasteiger partial charge in [-0.05, 0) is 85.2 Å². The van der Waals surface area contributed by atoms with Crippen molar-refractivity contribution < 1.29 is 36.2 Å². The van der Waals surface area contributed by atoms with E-state index in [4.69, 9.17) is 0 Å². The molecule has 1 unspecified atom stereocenters. The lowest BCUT2D eigenvalue weighted by Crippen LogP contribution is -2.38. The molecule has 0 amide bonds. The Hall–Kier alpha value is -3.53. The van der Waals surface area contributed by atoms with E-state index in [1.165, 1.54) is 12.5 Å². The second-order valence-corrected chi connectivity index (χ2v) is 13.7. The Bertz CT molecular complexity index is 1570. The number of hydrogen-bond acceptors (Lipinski definition) is 5. The highest BCUT2D eigenvalue weighted by molar-refractivity contribution is 7.92. The van der Waals surface area contributed by atoms with Crippen LogP contribution in [0, 0.1) is 18.8 Å². The number of carboxylic acid groups (broad SMARTS) is 1. The third-order valence-electron chi connectivity index (χ3n) is 8.62. The number of nitrogens with zero attached hydrogens (tertiary/aromatic N) is 1. The van der Waals surface area contributed by atoms with Gasteiger partial charge in [-0.25, -0.2) is 13.2 Å². The summed E-state index contributed by atoms with van der Waals surface area (Å²) < 4.78 is 71.0. The number of carboxylic acids is 1. The van der Waals surface area contributed by atoms with Crippen molar-refractivity contribution in [2.45, 2.75) is 68.9 Å². The molecular weight excluding hydrogens is 567 g/mol. The van der Waals surface area contributed by atoms with Gasteiger partial charge in [-0.2, -0.15) is 0 Å². The largest absolute Gasteiger partial charge is 0.573 e. The molecule has 1 aliphatic carbocycles. The molecule has 224 valence electrons. The zero-order valence-electron chi connectivity index (χ0n) is 23.5. The molecule has 0 spiro atoms. The first-order chi connectivity index (χ1) is 19.8. The van der Waals surface area contributed by atoms with Crippen molar-refractivity contribution in [1.82, 2.24) is 0 Å². The quantitative estimate of drug-likeness (QED) is 0.318. The molecule has 3 aromatic carbocycles. The summed E-state index contributed by atoms with van der Waals surface area (Å²) in [7, 11) is -3.83. The van der Waals surface area contributed by atoms with Crippen molar-refractivity contribution in [3.8, 4) is 16.9 Å². The molecule has 0 aromatic heterocycles. The van der Waals surface area contributed by atoms with E-state index in [-0.39, 0.29) is 16.4 Å². The highest BCUT2D eigenvalue weighted by atomic mass is 32.2. The molecule has 1 heterocycles. The fourth-order valence-corrected chi connectivity index (χ4v) is 8.15. The second-order valence-electron chi connectivity index (χ2n) is 11.4. The van der Waals surface area contributed by atoms with Crippen LogP contribution in [0.4, 0.5) is 24.5 Å². The molecule has 0 saturated heterocycles.